The van der Waals surface area contributed by atoms with Crippen LogP contribution in [0.5, 0.6) is 5.75 Å². The van der Waals surface area contributed by atoms with Crippen LogP contribution in [0.15, 0.2) is 36.8 Å². The Morgan fingerprint density at radius 1 is 1.05 bits per heavy atom. The van der Waals surface area contributed by atoms with Crippen LogP contribution in [-0.4, -0.2) is 81.9 Å². The maximum atomic E-state index is 6.46. The van der Waals surface area contributed by atoms with Gasteiger partial charge in [-0.2, -0.15) is 0 Å². The standard InChI is InChI=1S/C29H38N6O2/c1-33-12-7-21(8-13-33)34-14-9-22(16-34)35-17-25(26-27(30)31-19-32-28(26)35)20-3-2-4-24(15-20)36-18-29-10-5-23(37-29)6-11-29/h2-4,15,17,19,21-23H,5-14,16,18H2,1H3,(H2,30,31,32). The Kier molecular flexibility index (Phi) is 5.86. The van der Waals surface area contributed by atoms with E-state index in [4.69, 9.17) is 20.2 Å². The van der Waals surface area contributed by atoms with E-state index in [1.165, 1.54) is 38.8 Å². The summed E-state index contributed by atoms with van der Waals surface area (Å²) in [5.74, 6) is 1.40. The summed E-state index contributed by atoms with van der Waals surface area (Å²) in [6.45, 7) is 5.21. The fraction of sp³-hybridized carbons (Fsp3) is 0.586. The SMILES string of the molecule is CN1CCC(N2CCC(n3cc(-c4cccc(OCC56CCC(CC5)O6)c4)c4c(N)ncnc43)C2)CC1. The molecule has 37 heavy (non-hydrogen) atoms. The second kappa shape index (κ2) is 9.26. The molecule has 196 valence electrons. The number of likely N-dealkylation sites (tertiary alicyclic amines) is 2. The molecule has 1 aromatic carbocycles. The van der Waals surface area contributed by atoms with Crippen LogP contribution >= 0.6 is 0 Å². The lowest BCUT2D eigenvalue weighted by atomic mass is 9.89. The first-order chi connectivity index (χ1) is 18.1. The number of piperidine rings is 1. The molecular formula is C29H38N6O2. The normalized spacial score (nSPS) is 29.0. The van der Waals surface area contributed by atoms with Gasteiger partial charge in [-0.05, 0) is 82.8 Å². The summed E-state index contributed by atoms with van der Waals surface area (Å²) < 4.78 is 14.9. The first kappa shape index (κ1) is 23.4. The van der Waals surface area contributed by atoms with Crippen molar-refractivity contribution >= 4 is 16.9 Å². The van der Waals surface area contributed by atoms with Crippen molar-refractivity contribution in [2.75, 3.05) is 45.6 Å². The fourth-order valence-electron chi connectivity index (χ4n) is 7.15. The second-order valence-electron chi connectivity index (χ2n) is 11.7. The minimum atomic E-state index is -0.0862. The summed E-state index contributed by atoms with van der Waals surface area (Å²) in [6.07, 6.45) is 12.5. The third-order valence-corrected chi connectivity index (χ3v) is 9.34. The minimum absolute atomic E-state index is 0.0862. The Morgan fingerprint density at radius 3 is 2.65 bits per heavy atom. The molecule has 0 saturated carbocycles. The summed E-state index contributed by atoms with van der Waals surface area (Å²) in [7, 11) is 2.23. The maximum Gasteiger partial charge on any atom is 0.146 e. The molecule has 4 aliphatic heterocycles. The molecule has 0 spiro atoms. The van der Waals surface area contributed by atoms with Gasteiger partial charge >= 0.3 is 0 Å². The number of anilines is 1. The van der Waals surface area contributed by atoms with Crippen molar-refractivity contribution in [2.24, 2.45) is 0 Å². The van der Waals surface area contributed by atoms with E-state index >= 15 is 0 Å². The highest BCUT2D eigenvalue weighted by molar-refractivity contribution is 6.00. The number of aromatic nitrogens is 3. The van der Waals surface area contributed by atoms with Gasteiger partial charge in [0.1, 0.15) is 35.7 Å². The zero-order chi connectivity index (χ0) is 25.0. The third-order valence-electron chi connectivity index (χ3n) is 9.34. The van der Waals surface area contributed by atoms with Crippen molar-refractivity contribution in [2.45, 2.75) is 68.7 Å². The average molecular weight is 503 g/mol. The van der Waals surface area contributed by atoms with Crippen LogP contribution in [0.25, 0.3) is 22.2 Å². The first-order valence-electron chi connectivity index (χ1n) is 14.0. The maximum absolute atomic E-state index is 6.46. The molecule has 7 rings (SSSR count). The number of ether oxygens (including phenoxy) is 2. The van der Waals surface area contributed by atoms with Crippen LogP contribution < -0.4 is 10.5 Å². The summed E-state index contributed by atoms with van der Waals surface area (Å²) in [5, 5.41) is 0.939. The van der Waals surface area contributed by atoms with Crippen molar-refractivity contribution in [3.63, 3.8) is 0 Å². The van der Waals surface area contributed by atoms with E-state index < -0.39 is 0 Å². The van der Waals surface area contributed by atoms with E-state index in [1.54, 1.807) is 6.33 Å². The monoisotopic (exact) mass is 502 g/mol. The Balaban J connectivity index is 1.15. The summed E-state index contributed by atoms with van der Waals surface area (Å²) in [6, 6.07) is 9.44. The quantitative estimate of drug-likeness (QED) is 0.543. The van der Waals surface area contributed by atoms with Crippen molar-refractivity contribution in [3.8, 4) is 16.9 Å². The number of benzene rings is 1. The number of rotatable bonds is 6. The van der Waals surface area contributed by atoms with E-state index in [2.05, 4.69) is 50.8 Å². The topological polar surface area (TPSA) is 81.7 Å². The molecule has 2 bridgehead atoms. The Labute approximate surface area is 218 Å². The molecule has 3 aromatic rings. The fourth-order valence-corrected chi connectivity index (χ4v) is 7.15. The predicted molar refractivity (Wildman–Crippen MR) is 145 cm³/mol. The van der Waals surface area contributed by atoms with Gasteiger partial charge in [-0.15, -0.1) is 0 Å². The smallest absolute Gasteiger partial charge is 0.146 e. The molecule has 8 heteroatoms. The average Bonchev–Trinajstić information content (AvgIpc) is 3.71. The van der Waals surface area contributed by atoms with Gasteiger partial charge in [-0.3, -0.25) is 4.90 Å². The van der Waals surface area contributed by atoms with E-state index in [1.807, 2.05) is 6.07 Å². The Morgan fingerprint density at radius 2 is 1.86 bits per heavy atom. The molecule has 6 heterocycles. The Hall–Kier alpha value is -2.68. The van der Waals surface area contributed by atoms with Crippen LogP contribution in [0, 0.1) is 0 Å². The highest BCUT2D eigenvalue weighted by Crippen LogP contribution is 2.44. The third kappa shape index (κ3) is 4.29. The van der Waals surface area contributed by atoms with Crippen molar-refractivity contribution in [1.82, 2.24) is 24.3 Å². The molecule has 4 saturated heterocycles. The van der Waals surface area contributed by atoms with Crippen LogP contribution in [0.1, 0.15) is 51.0 Å². The number of hydrogen-bond acceptors (Lipinski definition) is 7. The molecule has 4 fully saturated rings. The van der Waals surface area contributed by atoms with E-state index in [9.17, 15) is 0 Å². The lowest BCUT2D eigenvalue weighted by molar-refractivity contribution is -0.0198. The minimum Gasteiger partial charge on any atom is -0.491 e. The number of nitrogens with zero attached hydrogens (tertiary/aromatic N) is 5. The van der Waals surface area contributed by atoms with Crippen LogP contribution in [0.2, 0.25) is 0 Å². The number of nitrogens with two attached hydrogens (primary N) is 1. The van der Waals surface area contributed by atoms with Crippen molar-refractivity contribution < 1.29 is 9.47 Å². The second-order valence-corrected chi connectivity index (χ2v) is 11.7. The van der Waals surface area contributed by atoms with Crippen molar-refractivity contribution in [3.05, 3.63) is 36.8 Å². The highest BCUT2D eigenvalue weighted by Gasteiger charge is 2.46. The summed E-state index contributed by atoms with van der Waals surface area (Å²) >= 11 is 0. The van der Waals surface area contributed by atoms with E-state index in [0.29, 0.717) is 30.6 Å². The van der Waals surface area contributed by atoms with Gasteiger partial charge in [-0.1, -0.05) is 12.1 Å². The molecule has 8 nitrogen and oxygen atoms in total. The molecular weight excluding hydrogens is 464 g/mol. The van der Waals surface area contributed by atoms with Gasteiger partial charge in [0, 0.05) is 36.9 Å². The zero-order valence-corrected chi connectivity index (χ0v) is 21.8. The molecule has 2 N–H and O–H groups in total. The lowest BCUT2D eigenvalue weighted by Gasteiger charge is -2.35. The van der Waals surface area contributed by atoms with Gasteiger partial charge in [-0.25, -0.2) is 9.97 Å². The predicted octanol–water partition coefficient (Wildman–Crippen LogP) is 4.11. The van der Waals surface area contributed by atoms with E-state index in [-0.39, 0.29) is 5.60 Å². The van der Waals surface area contributed by atoms with Crippen LogP contribution in [-0.2, 0) is 4.74 Å². The number of nitrogen functional groups attached to an aromatic ring is 1. The Bertz CT molecular complexity index is 1270. The van der Waals surface area contributed by atoms with Gasteiger partial charge < -0.3 is 24.7 Å². The van der Waals surface area contributed by atoms with Crippen LogP contribution in [0.4, 0.5) is 5.82 Å². The van der Waals surface area contributed by atoms with Gasteiger partial charge in [0.15, 0.2) is 0 Å². The van der Waals surface area contributed by atoms with E-state index in [0.717, 1.165) is 60.3 Å². The first-order valence-corrected chi connectivity index (χ1v) is 14.0. The number of fused-ring (bicyclic) bond motifs is 3. The largest absolute Gasteiger partial charge is 0.491 e. The van der Waals surface area contributed by atoms with Gasteiger partial charge in [0.2, 0.25) is 0 Å². The zero-order valence-electron chi connectivity index (χ0n) is 21.8. The van der Waals surface area contributed by atoms with Gasteiger partial charge in [0.05, 0.1) is 11.5 Å². The molecule has 2 aromatic heterocycles. The number of hydrogen-bond donors (Lipinski definition) is 1. The highest BCUT2D eigenvalue weighted by atomic mass is 16.6. The van der Waals surface area contributed by atoms with Gasteiger partial charge in [0.25, 0.3) is 0 Å². The molecule has 4 aliphatic rings. The summed E-state index contributed by atoms with van der Waals surface area (Å²) in [5.41, 5.74) is 9.46. The molecule has 1 unspecified atom stereocenters. The lowest BCUT2D eigenvalue weighted by Crippen LogP contribution is -2.42. The molecule has 0 amide bonds. The molecule has 0 aliphatic carbocycles. The molecule has 1 atom stereocenters. The molecule has 0 radical (unpaired) electrons. The van der Waals surface area contributed by atoms with Crippen LogP contribution in [0.3, 0.4) is 0 Å². The van der Waals surface area contributed by atoms with Crippen molar-refractivity contribution in [1.29, 1.82) is 0 Å². The summed E-state index contributed by atoms with van der Waals surface area (Å²) in [4.78, 5) is 14.2.